The number of amides is 1. The molecule has 1 unspecified atom stereocenters. The summed E-state index contributed by atoms with van der Waals surface area (Å²) >= 11 is 0. The summed E-state index contributed by atoms with van der Waals surface area (Å²) in [6.45, 7) is 4.93. The minimum absolute atomic E-state index is 0.111. The molecule has 1 amide bonds. The van der Waals surface area contributed by atoms with Gasteiger partial charge in [-0.15, -0.1) is 0 Å². The molecule has 118 valence electrons. The van der Waals surface area contributed by atoms with Crippen molar-refractivity contribution < 1.29 is 9.90 Å². The largest absolute Gasteiger partial charge is 0.390 e. The van der Waals surface area contributed by atoms with Gasteiger partial charge in [0.25, 0.3) is 5.91 Å². The number of likely N-dealkylation sites (N-methyl/N-ethyl adjacent to an activating group) is 2. The summed E-state index contributed by atoms with van der Waals surface area (Å²) in [7, 11) is 5.59. The molecule has 0 bridgehead atoms. The molecule has 1 saturated heterocycles. The summed E-state index contributed by atoms with van der Waals surface area (Å²) in [4.78, 5) is 18.2. The number of aliphatic hydroxyl groups is 1. The van der Waals surface area contributed by atoms with Gasteiger partial charge in [-0.2, -0.15) is 5.10 Å². The van der Waals surface area contributed by atoms with Gasteiger partial charge in [0.15, 0.2) is 0 Å². The van der Waals surface area contributed by atoms with E-state index in [1.54, 1.807) is 36.1 Å². The third kappa shape index (κ3) is 4.52. The number of nitrogens with zero attached hydrogens (tertiary/aromatic N) is 5. The van der Waals surface area contributed by atoms with Crippen molar-refractivity contribution in [2.75, 3.05) is 53.4 Å². The van der Waals surface area contributed by atoms with E-state index in [1.807, 2.05) is 0 Å². The molecule has 7 nitrogen and oxygen atoms in total. The molecule has 1 fully saturated rings. The maximum atomic E-state index is 12.2. The van der Waals surface area contributed by atoms with Crippen LogP contribution in [0.5, 0.6) is 0 Å². The Morgan fingerprint density at radius 3 is 2.62 bits per heavy atom. The highest BCUT2D eigenvalue weighted by molar-refractivity contribution is 5.93. The van der Waals surface area contributed by atoms with Crippen molar-refractivity contribution in [3.63, 3.8) is 0 Å². The van der Waals surface area contributed by atoms with Crippen LogP contribution in [0.4, 0.5) is 0 Å². The SMILES string of the molecule is CN1CCN(CC(O)CN(C)C(=O)c2cnn(C)c2)CC1. The van der Waals surface area contributed by atoms with Gasteiger partial charge >= 0.3 is 0 Å². The lowest BCUT2D eigenvalue weighted by atomic mass is 10.2. The Bertz CT molecular complexity index is 468. The number of hydrogen-bond donors (Lipinski definition) is 1. The molecule has 1 N–H and O–H groups in total. The van der Waals surface area contributed by atoms with Gasteiger partial charge in [0.05, 0.1) is 17.9 Å². The molecule has 1 atom stereocenters. The minimum Gasteiger partial charge on any atom is -0.390 e. The van der Waals surface area contributed by atoms with Gasteiger partial charge in [-0.1, -0.05) is 0 Å². The van der Waals surface area contributed by atoms with Crippen molar-refractivity contribution in [3.8, 4) is 0 Å². The predicted octanol–water partition coefficient (Wildman–Crippen LogP) is -0.900. The molecule has 0 spiro atoms. The normalized spacial score (nSPS) is 18.7. The number of hydrogen-bond acceptors (Lipinski definition) is 5. The van der Waals surface area contributed by atoms with E-state index >= 15 is 0 Å². The number of piperazine rings is 1. The monoisotopic (exact) mass is 295 g/mol. The van der Waals surface area contributed by atoms with Gasteiger partial charge in [0.1, 0.15) is 0 Å². The van der Waals surface area contributed by atoms with Gasteiger partial charge in [0, 0.05) is 59.6 Å². The Hall–Kier alpha value is -1.44. The van der Waals surface area contributed by atoms with Gasteiger partial charge < -0.3 is 14.9 Å². The van der Waals surface area contributed by atoms with E-state index < -0.39 is 6.10 Å². The summed E-state index contributed by atoms with van der Waals surface area (Å²) in [6.07, 6.45) is 2.70. The average Bonchev–Trinajstić information content (AvgIpc) is 2.87. The second-order valence-corrected chi connectivity index (χ2v) is 5.85. The van der Waals surface area contributed by atoms with E-state index in [1.165, 1.54) is 0 Å². The van der Waals surface area contributed by atoms with Crippen molar-refractivity contribution in [2.45, 2.75) is 6.10 Å². The second kappa shape index (κ2) is 7.02. The first-order valence-corrected chi connectivity index (χ1v) is 7.29. The highest BCUT2D eigenvalue weighted by Gasteiger charge is 2.20. The zero-order chi connectivity index (χ0) is 15.4. The quantitative estimate of drug-likeness (QED) is 0.763. The summed E-state index contributed by atoms with van der Waals surface area (Å²) < 4.78 is 1.60. The van der Waals surface area contributed by atoms with Crippen LogP contribution in [0, 0.1) is 0 Å². The van der Waals surface area contributed by atoms with Crippen molar-refractivity contribution >= 4 is 5.91 Å². The fraction of sp³-hybridized carbons (Fsp3) is 0.714. The minimum atomic E-state index is -0.529. The molecule has 7 heteroatoms. The zero-order valence-electron chi connectivity index (χ0n) is 13.1. The Morgan fingerprint density at radius 1 is 1.38 bits per heavy atom. The van der Waals surface area contributed by atoms with E-state index in [2.05, 4.69) is 21.9 Å². The Morgan fingerprint density at radius 2 is 2.05 bits per heavy atom. The fourth-order valence-electron chi connectivity index (χ4n) is 2.54. The van der Waals surface area contributed by atoms with Crippen molar-refractivity contribution in [1.82, 2.24) is 24.5 Å². The molecule has 0 aliphatic carbocycles. The maximum absolute atomic E-state index is 12.2. The lowest BCUT2D eigenvalue weighted by Gasteiger charge is -2.34. The molecule has 2 rings (SSSR count). The molecule has 0 aromatic carbocycles. The molecule has 0 radical (unpaired) electrons. The standard InChI is InChI=1S/C14H25N5O2/c1-16-4-6-19(7-5-16)11-13(20)10-17(2)14(21)12-8-15-18(3)9-12/h8-9,13,20H,4-7,10-11H2,1-3H3. The number of carbonyl (C=O) groups is 1. The van der Waals surface area contributed by atoms with E-state index in [-0.39, 0.29) is 5.91 Å². The zero-order valence-corrected chi connectivity index (χ0v) is 13.1. The van der Waals surface area contributed by atoms with Gasteiger partial charge in [-0.25, -0.2) is 0 Å². The first-order chi connectivity index (χ1) is 9.95. The smallest absolute Gasteiger partial charge is 0.256 e. The molecule has 1 aliphatic rings. The Balaban J connectivity index is 1.79. The van der Waals surface area contributed by atoms with Gasteiger partial charge in [-0.05, 0) is 7.05 Å². The first kappa shape index (κ1) is 15.9. The fourth-order valence-corrected chi connectivity index (χ4v) is 2.54. The number of carbonyl (C=O) groups excluding carboxylic acids is 1. The van der Waals surface area contributed by atoms with Crippen LogP contribution in [0.3, 0.4) is 0 Å². The number of aliphatic hydroxyl groups excluding tert-OH is 1. The van der Waals surface area contributed by atoms with Crippen molar-refractivity contribution in [2.24, 2.45) is 7.05 Å². The molecule has 1 aliphatic heterocycles. The van der Waals surface area contributed by atoms with Crippen LogP contribution >= 0.6 is 0 Å². The lowest BCUT2D eigenvalue weighted by Crippen LogP contribution is -2.48. The van der Waals surface area contributed by atoms with Crippen molar-refractivity contribution in [3.05, 3.63) is 18.0 Å². The second-order valence-electron chi connectivity index (χ2n) is 5.85. The first-order valence-electron chi connectivity index (χ1n) is 7.29. The van der Waals surface area contributed by atoms with E-state index in [9.17, 15) is 9.90 Å². The van der Waals surface area contributed by atoms with Crippen LogP contribution in [-0.4, -0.2) is 95.0 Å². The summed E-state index contributed by atoms with van der Waals surface area (Å²) in [6, 6.07) is 0. The molecule has 1 aromatic rings. The van der Waals surface area contributed by atoms with Crippen LogP contribution in [0.25, 0.3) is 0 Å². The molecule has 2 heterocycles. The number of β-amino-alcohol motifs (C(OH)–C–C–N with tert-alkyl or cyclic N) is 1. The van der Waals surface area contributed by atoms with Crippen LogP contribution in [0.15, 0.2) is 12.4 Å². The predicted molar refractivity (Wildman–Crippen MR) is 80.1 cm³/mol. The van der Waals surface area contributed by atoms with Gasteiger partial charge in [-0.3, -0.25) is 14.4 Å². The maximum Gasteiger partial charge on any atom is 0.256 e. The third-order valence-electron chi connectivity index (χ3n) is 3.85. The van der Waals surface area contributed by atoms with Crippen LogP contribution < -0.4 is 0 Å². The third-order valence-corrected chi connectivity index (χ3v) is 3.85. The highest BCUT2D eigenvalue weighted by Crippen LogP contribution is 2.05. The summed E-state index contributed by atoms with van der Waals surface area (Å²) in [5.74, 6) is -0.111. The number of aryl methyl sites for hydroxylation is 1. The molecular formula is C14H25N5O2. The van der Waals surface area contributed by atoms with Gasteiger partial charge in [0.2, 0.25) is 0 Å². The Kier molecular flexibility index (Phi) is 5.33. The molecule has 21 heavy (non-hydrogen) atoms. The van der Waals surface area contributed by atoms with Crippen LogP contribution in [0.2, 0.25) is 0 Å². The number of rotatable bonds is 5. The van der Waals surface area contributed by atoms with E-state index in [4.69, 9.17) is 0 Å². The Labute approximate surface area is 125 Å². The summed E-state index contributed by atoms with van der Waals surface area (Å²) in [5, 5.41) is 14.2. The van der Waals surface area contributed by atoms with E-state index in [0.29, 0.717) is 18.7 Å². The van der Waals surface area contributed by atoms with E-state index in [0.717, 1.165) is 26.2 Å². The molecule has 1 aromatic heterocycles. The molecular weight excluding hydrogens is 270 g/mol. The lowest BCUT2D eigenvalue weighted by molar-refractivity contribution is 0.0501. The average molecular weight is 295 g/mol. The van der Waals surface area contributed by atoms with Crippen LogP contribution in [-0.2, 0) is 7.05 Å². The van der Waals surface area contributed by atoms with Crippen molar-refractivity contribution in [1.29, 1.82) is 0 Å². The topological polar surface area (TPSA) is 64.8 Å². The molecule has 0 saturated carbocycles. The number of aromatic nitrogens is 2. The highest BCUT2D eigenvalue weighted by atomic mass is 16.3. The summed E-state index contributed by atoms with van der Waals surface area (Å²) in [5.41, 5.74) is 0.548. The van der Waals surface area contributed by atoms with Crippen LogP contribution in [0.1, 0.15) is 10.4 Å².